The normalized spacial score (nSPS) is 8.00. The van der Waals surface area contributed by atoms with E-state index in [-0.39, 0.29) is 12.5 Å². The fraction of sp³-hybridized carbons (Fsp3) is 0.143. The van der Waals surface area contributed by atoms with Crippen molar-refractivity contribution in [3.8, 4) is 0 Å². The zero-order chi connectivity index (χ0) is 8.69. The minimum Gasteiger partial charge on any atom is -0.350 e. The van der Waals surface area contributed by atoms with Gasteiger partial charge in [-0.1, -0.05) is 13.2 Å². The first-order valence-corrected chi connectivity index (χ1v) is 2.99. The summed E-state index contributed by atoms with van der Waals surface area (Å²) in [5.74, 6) is -0.318. The molecule has 0 saturated heterocycles. The Morgan fingerprint density at radius 1 is 1.55 bits per heavy atom. The van der Waals surface area contributed by atoms with Crippen molar-refractivity contribution in [1.82, 2.24) is 10.6 Å². The maximum atomic E-state index is 10.7. The largest absolute Gasteiger partial charge is 0.350 e. The summed E-state index contributed by atoms with van der Waals surface area (Å²) in [5, 5.41) is 4.60. The molecule has 0 aromatic heterocycles. The molecule has 0 fully saturated rings. The average molecular weight is 154 g/mol. The molecule has 4 heteroatoms. The van der Waals surface area contributed by atoms with Crippen LogP contribution in [0.4, 0.5) is 0 Å². The minimum absolute atomic E-state index is 0.0453. The molecule has 2 amide bonds. The summed E-state index contributed by atoms with van der Waals surface area (Å²) in [7, 11) is 0. The van der Waals surface area contributed by atoms with Crippen LogP contribution in [0.15, 0.2) is 24.9 Å². The van der Waals surface area contributed by atoms with E-state index < -0.39 is 0 Å². The van der Waals surface area contributed by atoms with Crippen LogP contribution in [0, 0.1) is 0 Å². The van der Waals surface area contributed by atoms with E-state index in [0.29, 0.717) is 12.1 Å². The fourth-order valence-electron chi connectivity index (χ4n) is 0.409. The van der Waals surface area contributed by atoms with Gasteiger partial charge >= 0.3 is 0 Å². The smallest absolute Gasteiger partial charge is 0.243 e. The van der Waals surface area contributed by atoms with Gasteiger partial charge in [0.1, 0.15) is 0 Å². The number of hydrogen-bond acceptors (Lipinski definition) is 2. The molecule has 0 aliphatic heterocycles. The van der Waals surface area contributed by atoms with Crippen LogP contribution < -0.4 is 10.6 Å². The van der Waals surface area contributed by atoms with Crippen molar-refractivity contribution in [1.29, 1.82) is 0 Å². The molecule has 0 bridgehead atoms. The van der Waals surface area contributed by atoms with Crippen molar-refractivity contribution in [2.75, 3.05) is 6.54 Å². The average Bonchev–Trinajstić information content (AvgIpc) is 2.00. The summed E-state index contributed by atoms with van der Waals surface area (Å²) in [5.41, 5.74) is 0.419. The second kappa shape index (κ2) is 5.22. The van der Waals surface area contributed by atoms with Crippen LogP contribution in [0.25, 0.3) is 0 Å². The zero-order valence-electron chi connectivity index (χ0n) is 6.09. The van der Waals surface area contributed by atoms with Crippen LogP contribution in [0.2, 0.25) is 0 Å². The van der Waals surface area contributed by atoms with Crippen molar-refractivity contribution in [3.63, 3.8) is 0 Å². The van der Waals surface area contributed by atoms with Crippen LogP contribution in [0.5, 0.6) is 0 Å². The van der Waals surface area contributed by atoms with Crippen LogP contribution in [0.1, 0.15) is 0 Å². The second-order valence-corrected chi connectivity index (χ2v) is 1.78. The van der Waals surface area contributed by atoms with Crippen molar-refractivity contribution in [3.05, 3.63) is 24.9 Å². The predicted octanol–water partition coefficient (Wildman–Crippen LogP) is -0.452. The lowest BCUT2D eigenvalue weighted by Gasteiger charge is -2.01. The van der Waals surface area contributed by atoms with Crippen LogP contribution in [-0.4, -0.2) is 18.9 Å². The summed E-state index contributed by atoms with van der Waals surface area (Å²) in [6.07, 6.45) is 1.87. The monoisotopic (exact) mass is 154 g/mol. The molecule has 0 atom stereocenters. The van der Waals surface area contributed by atoms with E-state index in [0.717, 1.165) is 0 Å². The first-order valence-electron chi connectivity index (χ1n) is 2.99. The SMILES string of the molecule is C=CC(=C)NC(=O)CNC=O. The number of amides is 2. The third-order valence-electron chi connectivity index (χ3n) is 0.892. The summed E-state index contributed by atoms with van der Waals surface area (Å²) in [6, 6.07) is 0. The highest BCUT2D eigenvalue weighted by atomic mass is 16.2. The van der Waals surface area contributed by atoms with Gasteiger partial charge in [0.15, 0.2) is 0 Å². The topological polar surface area (TPSA) is 58.2 Å². The molecule has 11 heavy (non-hydrogen) atoms. The Hall–Kier alpha value is -1.58. The summed E-state index contributed by atoms with van der Waals surface area (Å²) in [6.45, 7) is 6.80. The third kappa shape index (κ3) is 4.90. The molecule has 60 valence electrons. The van der Waals surface area contributed by atoms with Crippen molar-refractivity contribution in [2.24, 2.45) is 0 Å². The Morgan fingerprint density at radius 2 is 2.18 bits per heavy atom. The lowest BCUT2D eigenvalue weighted by molar-refractivity contribution is -0.121. The molecule has 0 heterocycles. The van der Waals surface area contributed by atoms with Gasteiger partial charge in [-0.2, -0.15) is 0 Å². The maximum absolute atomic E-state index is 10.7. The van der Waals surface area contributed by atoms with Crippen molar-refractivity contribution >= 4 is 12.3 Å². The van der Waals surface area contributed by atoms with E-state index in [1.165, 1.54) is 6.08 Å². The van der Waals surface area contributed by atoms with Crippen molar-refractivity contribution < 1.29 is 9.59 Å². The molecule has 0 aromatic carbocycles. The maximum Gasteiger partial charge on any atom is 0.243 e. The van der Waals surface area contributed by atoms with Crippen LogP contribution in [-0.2, 0) is 9.59 Å². The Kier molecular flexibility index (Phi) is 4.47. The summed E-state index contributed by atoms with van der Waals surface area (Å²) in [4.78, 5) is 20.5. The van der Waals surface area contributed by atoms with E-state index in [1.807, 2.05) is 0 Å². The number of carbonyl (C=O) groups excluding carboxylic acids is 2. The second-order valence-electron chi connectivity index (χ2n) is 1.78. The molecule has 0 saturated carbocycles. The molecule has 2 N–H and O–H groups in total. The minimum atomic E-state index is -0.318. The Morgan fingerprint density at radius 3 is 2.64 bits per heavy atom. The molecule has 0 radical (unpaired) electrons. The van der Waals surface area contributed by atoms with E-state index in [1.54, 1.807) is 0 Å². The molecule has 4 nitrogen and oxygen atoms in total. The highest BCUT2D eigenvalue weighted by Crippen LogP contribution is 1.81. The molecule has 0 aliphatic carbocycles. The quantitative estimate of drug-likeness (QED) is 0.416. The Balaban J connectivity index is 3.60. The van der Waals surface area contributed by atoms with Gasteiger partial charge in [0, 0.05) is 5.70 Å². The van der Waals surface area contributed by atoms with E-state index >= 15 is 0 Å². The standard InChI is InChI=1S/C7H10N2O2/c1-3-6(2)9-7(11)4-8-5-10/h3,5H,1-2,4H2,(H,8,10)(H,9,11). The molecule has 0 rings (SSSR count). The molecule has 0 aliphatic rings. The highest BCUT2D eigenvalue weighted by Gasteiger charge is 1.97. The summed E-state index contributed by atoms with van der Waals surface area (Å²) >= 11 is 0. The number of hydrogen-bond donors (Lipinski definition) is 2. The van der Waals surface area contributed by atoms with Gasteiger partial charge in [-0.05, 0) is 6.08 Å². The van der Waals surface area contributed by atoms with Crippen molar-refractivity contribution in [2.45, 2.75) is 0 Å². The van der Waals surface area contributed by atoms with Gasteiger partial charge in [0.2, 0.25) is 12.3 Å². The van der Waals surface area contributed by atoms with Crippen LogP contribution in [0.3, 0.4) is 0 Å². The lowest BCUT2D eigenvalue weighted by atomic mass is 10.4. The molecular formula is C7H10N2O2. The predicted molar refractivity (Wildman–Crippen MR) is 41.5 cm³/mol. The van der Waals surface area contributed by atoms with Gasteiger partial charge in [-0.15, -0.1) is 0 Å². The number of nitrogens with one attached hydrogen (secondary N) is 2. The number of allylic oxidation sites excluding steroid dienone is 1. The third-order valence-corrected chi connectivity index (χ3v) is 0.892. The van der Waals surface area contributed by atoms with E-state index in [2.05, 4.69) is 23.8 Å². The van der Waals surface area contributed by atoms with Gasteiger partial charge in [0.05, 0.1) is 6.54 Å². The molecule has 0 unspecified atom stereocenters. The van der Waals surface area contributed by atoms with E-state index in [9.17, 15) is 9.59 Å². The number of carbonyl (C=O) groups is 2. The van der Waals surface area contributed by atoms with E-state index in [4.69, 9.17) is 0 Å². The Labute approximate surface area is 65.0 Å². The number of rotatable bonds is 5. The fourth-order valence-corrected chi connectivity index (χ4v) is 0.409. The zero-order valence-corrected chi connectivity index (χ0v) is 6.09. The molecule has 0 aromatic rings. The first-order chi connectivity index (χ1) is 5.20. The highest BCUT2D eigenvalue weighted by molar-refractivity contribution is 5.81. The van der Waals surface area contributed by atoms with Gasteiger partial charge < -0.3 is 10.6 Å². The van der Waals surface area contributed by atoms with Crippen LogP contribution >= 0.6 is 0 Å². The first kappa shape index (κ1) is 9.42. The van der Waals surface area contributed by atoms with Gasteiger partial charge in [-0.3, -0.25) is 9.59 Å². The molecule has 0 spiro atoms. The van der Waals surface area contributed by atoms with Gasteiger partial charge in [-0.25, -0.2) is 0 Å². The summed E-state index contributed by atoms with van der Waals surface area (Å²) < 4.78 is 0. The Bertz CT molecular complexity index is 187. The van der Waals surface area contributed by atoms with Gasteiger partial charge in [0.25, 0.3) is 0 Å². The molecular weight excluding hydrogens is 144 g/mol. The lowest BCUT2D eigenvalue weighted by Crippen LogP contribution is -2.31.